The van der Waals surface area contributed by atoms with Crippen molar-refractivity contribution in [1.29, 1.82) is 0 Å². The lowest BCUT2D eigenvalue weighted by atomic mass is 9.80. The van der Waals surface area contributed by atoms with Crippen LogP contribution in [0.15, 0.2) is 36.4 Å². The molecule has 1 atom stereocenters. The summed E-state index contributed by atoms with van der Waals surface area (Å²) < 4.78 is 0. The van der Waals surface area contributed by atoms with E-state index in [0.717, 1.165) is 19.3 Å². The molecule has 0 bridgehead atoms. The quantitative estimate of drug-likeness (QED) is 0.456. The van der Waals surface area contributed by atoms with Crippen LogP contribution in [0.2, 0.25) is 0 Å². The lowest BCUT2D eigenvalue weighted by Crippen LogP contribution is -2.24. The van der Waals surface area contributed by atoms with E-state index in [1.54, 1.807) is 6.08 Å². The topological polar surface area (TPSA) is 17.1 Å². The first-order valence-electron chi connectivity index (χ1n) is 9.90. The number of rotatable bonds is 8. The number of carbonyl (C=O) groups excluding carboxylic acids is 1. The molecule has 1 unspecified atom stereocenters. The van der Waals surface area contributed by atoms with Gasteiger partial charge in [0.25, 0.3) is 0 Å². The summed E-state index contributed by atoms with van der Waals surface area (Å²) in [4.78, 5) is 12.0. The van der Waals surface area contributed by atoms with Crippen molar-refractivity contribution in [3.05, 3.63) is 47.5 Å². The van der Waals surface area contributed by atoms with E-state index >= 15 is 0 Å². The van der Waals surface area contributed by atoms with Crippen molar-refractivity contribution < 1.29 is 4.79 Å². The minimum atomic E-state index is -0.212. The third-order valence-electron chi connectivity index (χ3n) is 4.40. The molecule has 0 saturated heterocycles. The summed E-state index contributed by atoms with van der Waals surface area (Å²) in [5.41, 5.74) is 2.57. The number of carbonyl (C=O) groups is 1. The molecule has 0 fully saturated rings. The Bertz CT molecular complexity index is 523. The van der Waals surface area contributed by atoms with Crippen molar-refractivity contribution in [3.63, 3.8) is 0 Å². The average Bonchev–Trinajstić information content (AvgIpc) is 2.52. The number of ketones is 1. The fourth-order valence-electron chi connectivity index (χ4n) is 3.08. The third-order valence-corrected chi connectivity index (χ3v) is 4.40. The Morgan fingerprint density at radius 2 is 1.80 bits per heavy atom. The van der Waals surface area contributed by atoms with Crippen molar-refractivity contribution in [2.24, 2.45) is 17.3 Å². The molecule has 0 aliphatic heterocycles. The van der Waals surface area contributed by atoms with Gasteiger partial charge in [0.15, 0.2) is 5.78 Å². The molecule has 1 rings (SSSR count). The second-order valence-corrected chi connectivity index (χ2v) is 8.31. The Balaban J connectivity index is 0.000000535. The van der Waals surface area contributed by atoms with Gasteiger partial charge < -0.3 is 0 Å². The van der Waals surface area contributed by atoms with Crippen LogP contribution in [0.1, 0.15) is 78.9 Å². The van der Waals surface area contributed by atoms with Gasteiger partial charge in [-0.15, -0.1) is 0 Å². The van der Waals surface area contributed by atoms with E-state index in [0.29, 0.717) is 11.8 Å². The highest BCUT2D eigenvalue weighted by molar-refractivity contribution is 5.94. The smallest absolute Gasteiger partial charge is 0.160 e. The number of allylic oxidation sites excluding steroid dienone is 2. The fraction of sp³-hybridized carbons (Fsp3) is 0.625. The summed E-state index contributed by atoms with van der Waals surface area (Å²) in [6.07, 6.45) is 8.29. The van der Waals surface area contributed by atoms with Gasteiger partial charge in [0.1, 0.15) is 0 Å². The van der Waals surface area contributed by atoms with E-state index in [9.17, 15) is 4.79 Å². The number of hydrogen-bond acceptors (Lipinski definition) is 1. The van der Waals surface area contributed by atoms with Gasteiger partial charge in [-0.3, -0.25) is 4.79 Å². The summed E-state index contributed by atoms with van der Waals surface area (Å²) >= 11 is 0. The first kappa shape index (κ1) is 23.6. The number of benzene rings is 1. The van der Waals surface area contributed by atoms with E-state index < -0.39 is 0 Å². The molecule has 0 amide bonds. The Morgan fingerprint density at radius 1 is 1.16 bits per heavy atom. The molecule has 1 aromatic carbocycles. The van der Waals surface area contributed by atoms with Crippen LogP contribution >= 0.6 is 0 Å². The van der Waals surface area contributed by atoms with Crippen molar-refractivity contribution in [2.45, 2.75) is 81.1 Å². The van der Waals surface area contributed by atoms with Gasteiger partial charge in [0.2, 0.25) is 0 Å². The maximum absolute atomic E-state index is 12.0. The zero-order chi connectivity index (χ0) is 19.5. The first-order chi connectivity index (χ1) is 11.6. The highest BCUT2D eigenvalue weighted by Crippen LogP contribution is 2.27. The molecule has 0 radical (unpaired) electrons. The molecule has 0 spiro atoms. The van der Waals surface area contributed by atoms with Gasteiger partial charge in [0.05, 0.1) is 0 Å². The average molecular weight is 345 g/mol. The van der Waals surface area contributed by atoms with E-state index in [1.807, 2.05) is 13.8 Å². The molecule has 1 heteroatoms. The summed E-state index contributed by atoms with van der Waals surface area (Å²) in [5, 5.41) is 0. The lowest BCUT2D eigenvalue weighted by Gasteiger charge is -2.23. The van der Waals surface area contributed by atoms with Gasteiger partial charge in [-0.25, -0.2) is 0 Å². The van der Waals surface area contributed by atoms with Crippen molar-refractivity contribution in [2.75, 3.05) is 0 Å². The van der Waals surface area contributed by atoms with Gasteiger partial charge >= 0.3 is 0 Å². The zero-order valence-electron chi connectivity index (χ0n) is 17.9. The molecule has 25 heavy (non-hydrogen) atoms. The highest BCUT2D eigenvalue weighted by atomic mass is 16.1. The van der Waals surface area contributed by atoms with Crippen LogP contribution in [0.4, 0.5) is 0 Å². The van der Waals surface area contributed by atoms with E-state index in [4.69, 9.17) is 0 Å². The molecule has 0 N–H and O–H groups in total. The summed E-state index contributed by atoms with van der Waals surface area (Å²) in [7, 11) is 0. The molecule has 1 nitrogen and oxygen atoms in total. The van der Waals surface area contributed by atoms with Crippen LogP contribution in [0.25, 0.3) is 0 Å². The number of hydrogen-bond donors (Lipinski definition) is 0. The maximum atomic E-state index is 12.0. The zero-order valence-corrected chi connectivity index (χ0v) is 17.9. The van der Waals surface area contributed by atoms with Crippen LogP contribution in [0.3, 0.4) is 0 Å². The van der Waals surface area contributed by atoms with E-state index in [-0.39, 0.29) is 11.2 Å². The Hall–Kier alpha value is -1.37. The van der Waals surface area contributed by atoms with Crippen LogP contribution in [0, 0.1) is 24.2 Å². The lowest BCUT2D eigenvalue weighted by molar-refractivity contribution is -0.122. The standard InChI is InChI=1S/C15H28O.C9H12/c1-7-8-13(4)9-10-14(16)15(5,6)11-12(2)3;1-3-9-6-4-5-8(2)7-9/h9-10,12-13H,7-8,11H2,1-6H3;4-7H,3H2,1-2H3/b10-9-;. The second-order valence-electron chi connectivity index (χ2n) is 8.31. The maximum Gasteiger partial charge on any atom is 0.160 e. The van der Waals surface area contributed by atoms with Crippen LogP contribution in [-0.4, -0.2) is 5.78 Å². The van der Waals surface area contributed by atoms with Crippen molar-refractivity contribution in [1.82, 2.24) is 0 Å². The van der Waals surface area contributed by atoms with E-state index in [2.05, 4.69) is 71.9 Å². The molecule has 0 heterocycles. The number of aryl methyl sites for hydroxylation is 2. The third kappa shape index (κ3) is 11.0. The molecule has 142 valence electrons. The minimum Gasteiger partial charge on any atom is -0.294 e. The molecular formula is C24H40O. The van der Waals surface area contributed by atoms with Gasteiger partial charge in [-0.05, 0) is 49.7 Å². The summed E-state index contributed by atoms with van der Waals surface area (Å²) in [6, 6.07) is 8.61. The van der Waals surface area contributed by atoms with Crippen LogP contribution < -0.4 is 0 Å². The molecule has 0 saturated carbocycles. The largest absolute Gasteiger partial charge is 0.294 e. The Morgan fingerprint density at radius 3 is 2.24 bits per heavy atom. The monoisotopic (exact) mass is 344 g/mol. The van der Waals surface area contributed by atoms with Crippen molar-refractivity contribution in [3.8, 4) is 0 Å². The molecular weight excluding hydrogens is 304 g/mol. The van der Waals surface area contributed by atoms with Crippen LogP contribution in [-0.2, 0) is 11.2 Å². The first-order valence-corrected chi connectivity index (χ1v) is 9.90. The van der Waals surface area contributed by atoms with E-state index in [1.165, 1.54) is 17.5 Å². The predicted octanol–water partition coefficient (Wildman–Crippen LogP) is 7.18. The van der Waals surface area contributed by atoms with Gasteiger partial charge in [0, 0.05) is 5.41 Å². The van der Waals surface area contributed by atoms with Gasteiger partial charge in [-0.1, -0.05) is 90.8 Å². The summed E-state index contributed by atoms with van der Waals surface area (Å²) in [5.74, 6) is 1.35. The Labute approximate surface area is 156 Å². The normalized spacial score (nSPS) is 12.8. The molecule has 0 aromatic heterocycles. The highest BCUT2D eigenvalue weighted by Gasteiger charge is 2.26. The molecule has 0 aliphatic carbocycles. The summed E-state index contributed by atoms with van der Waals surface area (Å²) in [6.45, 7) is 17.1. The van der Waals surface area contributed by atoms with Crippen LogP contribution in [0.5, 0.6) is 0 Å². The molecule has 1 aromatic rings. The molecule has 0 aliphatic rings. The van der Waals surface area contributed by atoms with Gasteiger partial charge in [-0.2, -0.15) is 0 Å². The van der Waals surface area contributed by atoms with Crippen molar-refractivity contribution >= 4 is 5.78 Å². The fourth-order valence-corrected chi connectivity index (χ4v) is 3.08. The predicted molar refractivity (Wildman–Crippen MR) is 112 cm³/mol. The second kappa shape index (κ2) is 12.1. The minimum absolute atomic E-state index is 0.212. The Kier molecular flexibility index (Phi) is 11.4. The SMILES string of the molecule is CCCC(C)/C=C\C(=O)C(C)(C)CC(C)C.CCc1cccc(C)c1.